The largest absolute Gasteiger partial charge is 0.421 e. The van der Waals surface area contributed by atoms with Crippen LogP contribution >= 0.6 is 0 Å². The van der Waals surface area contributed by atoms with Crippen LogP contribution in [0.4, 0.5) is 11.6 Å². The maximum Gasteiger partial charge on any atom is 0.381 e. The first kappa shape index (κ1) is 16.8. The molecule has 1 amide bonds. The van der Waals surface area contributed by atoms with Crippen molar-refractivity contribution >= 4 is 23.5 Å². The molecule has 0 atom stereocenters. The minimum Gasteiger partial charge on any atom is -0.421 e. The third kappa shape index (κ3) is 3.87. The summed E-state index contributed by atoms with van der Waals surface area (Å²) in [5.41, 5.74) is 0.280. The summed E-state index contributed by atoms with van der Waals surface area (Å²) in [5, 5.41) is 19.1. The van der Waals surface area contributed by atoms with E-state index in [0.717, 1.165) is 0 Å². The number of carbonyl (C=O) groups excluding carboxylic acids is 2. The molecular weight excluding hydrogens is 342 g/mol. The van der Waals surface area contributed by atoms with Gasteiger partial charge in [0.25, 0.3) is 11.6 Å². The Hall–Kier alpha value is -4.08. The lowest BCUT2D eigenvalue weighted by atomic mass is 10.2. The minimum atomic E-state index is -0.855. The first-order valence-electron chi connectivity index (χ1n) is 7.28. The van der Waals surface area contributed by atoms with E-state index in [1.165, 1.54) is 24.3 Å². The van der Waals surface area contributed by atoms with Gasteiger partial charge in [-0.2, -0.15) is 4.98 Å². The van der Waals surface area contributed by atoms with Crippen molar-refractivity contribution in [2.24, 2.45) is 0 Å². The topological polar surface area (TPSA) is 140 Å². The highest BCUT2D eigenvalue weighted by Crippen LogP contribution is 2.18. The molecule has 2 N–H and O–H groups in total. The van der Waals surface area contributed by atoms with E-state index in [0.29, 0.717) is 5.56 Å². The van der Waals surface area contributed by atoms with E-state index in [9.17, 15) is 19.7 Å². The first-order valence-corrected chi connectivity index (χ1v) is 7.28. The number of H-pyrrole nitrogens is 1. The molecule has 0 fully saturated rings. The van der Waals surface area contributed by atoms with Gasteiger partial charge >= 0.3 is 5.97 Å². The number of rotatable bonds is 5. The highest BCUT2D eigenvalue weighted by atomic mass is 16.6. The average Bonchev–Trinajstić information content (AvgIpc) is 3.11. The van der Waals surface area contributed by atoms with Crippen molar-refractivity contribution in [3.05, 3.63) is 76.1 Å². The number of non-ortho nitro benzene ring substituents is 1. The second kappa shape index (κ2) is 7.21. The second-order valence-corrected chi connectivity index (χ2v) is 4.97. The molecule has 0 aliphatic carbocycles. The fraction of sp³-hybridized carbons (Fsp3) is 0. The lowest BCUT2D eigenvalue weighted by molar-refractivity contribution is -0.384. The smallest absolute Gasteiger partial charge is 0.381 e. The number of nitrogens with one attached hydrogen (secondary N) is 2. The van der Waals surface area contributed by atoms with Gasteiger partial charge in [-0.15, -0.1) is 5.10 Å². The summed E-state index contributed by atoms with van der Waals surface area (Å²) in [6.07, 6.45) is 0. The molecule has 130 valence electrons. The molecule has 1 aromatic heterocycles. The highest BCUT2D eigenvalue weighted by molar-refractivity contribution is 6.03. The molecule has 3 aromatic rings. The van der Waals surface area contributed by atoms with Crippen molar-refractivity contribution < 1.29 is 19.2 Å². The van der Waals surface area contributed by atoms with Crippen LogP contribution in [-0.2, 0) is 0 Å². The Labute approximate surface area is 146 Å². The molecular formula is C16H11N5O5. The van der Waals surface area contributed by atoms with E-state index in [1.807, 2.05) is 0 Å². The number of ether oxygens (including phenoxy) is 1. The van der Waals surface area contributed by atoms with Crippen molar-refractivity contribution in [2.45, 2.75) is 0 Å². The van der Waals surface area contributed by atoms with Gasteiger partial charge in [-0.05, 0) is 24.3 Å². The van der Waals surface area contributed by atoms with Crippen LogP contribution in [-0.4, -0.2) is 32.0 Å². The summed E-state index contributed by atoms with van der Waals surface area (Å²) in [6.45, 7) is 0. The summed E-state index contributed by atoms with van der Waals surface area (Å²) in [5.74, 6) is -1.50. The molecule has 0 aliphatic rings. The van der Waals surface area contributed by atoms with Crippen LogP contribution in [0, 0.1) is 10.1 Å². The monoisotopic (exact) mass is 353 g/mol. The van der Waals surface area contributed by atoms with Crippen molar-refractivity contribution in [3.63, 3.8) is 0 Å². The molecule has 0 radical (unpaired) electrons. The number of benzene rings is 2. The van der Waals surface area contributed by atoms with Gasteiger partial charge in [0.2, 0.25) is 11.8 Å². The normalized spacial score (nSPS) is 10.2. The van der Waals surface area contributed by atoms with Gasteiger partial charge in [0.05, 0.1) is 4.92 Å². The van der Waals surface area contributed by atoms with Crippen LogP contribution in [0.3, 0.4) is 0 Å². The molecule has 10 nitrogen and oxygen atoms in total. The van der Waals surface area contributed by atoms with E-state index in [2.05, 4.69) is 20.5 Å². The van der Waals surface area contributed by atoms with Crippen LogP contribution in [0.1, 0.15) is 21.0 Å². The van der Waals surface area contributed by atoms with Gasteiger partial charge in [0.1, 0.15) is 5.75 Å². The third-order valence-electron chi connectivity index (χ3n) is 3.20. The Bertz CT molecular complexity index is 953. The maximum absolute atomic E-state index is 12.0. The van der Waals surface area contributed by atoms with Crippen molar-refractivity contribution in [1.82, 2.24) is 15.2 Å². The predicted molar refractivity (Wildman–Crippen MR) is 88.8 cm³/mol. The summed E-state index contributed by atoms with van der Waals surface area (Å²) in [6, 6.07) is 13.4. The van der Waals surface area contributed by atoms with Crippen molar-refractivity contribution in [3.8, 4) is 5.75 Å². The molecule has 0 saturated carbocycles. The zero-order valence-corrected chi connectivity index (χ0v) is 13.1. The summed E-state index contributed by atoms with van der Waals surface area (Å²) in [7, 11) is 0. The highest BCUT2D eigenvalue weighted by Gasteiger charge is 2.17. The van der Waals surface area contributed by atoms with E-state index in [-0.39, 0.29) is 23.2 Å². The number of nitro groups is 1. The van der Waals surface area contributed by atoms with Crippen LogP contribution in [0.5, 0.6) is 5.75 Å². The number of hydrogen-bond acceptors (Lipinski definition) is 7. The van der Waals surface area contributed by atoms with Gasteiger partial charge in [-0.25, -0.2) is 4.79 Å². The lowest BCUT2D eigenvalue weighted by Crippen LogP contribution is -2.13. The number of amides is 1. The van der Waals surface area contributed by atoms with Gasteiger partial charge in [0, 0.05) is 17.7 Å². The first-order chi connectivity index (χ1) is 12.5. The number of anilines is 1. The molecule has 10 heteroatoms. The van der Waals surface area contributed by atoms with Crippen LogP contribution in [0.2, 0.25) is 0 Å². The van der Waals surface area contributed by atoms with Crippen molar-refractivity contribution in [1.29, 1.82) is 0 Å². The van der Waals surface area contributed by atoms with Crippen LogP contribution in [0.15, 0.2) is 54.6 Å². The van der Waals surface area contributed by atoms with E-state index >= 15 is 0 Å². The van der Waals surface area contributed by atoms with E-state index < -0.39 is 16.8 Å². The fourth-order valence-electron chi connectivity index (χ4n) is 1.96. The molecule has 0 spiro atoms. The van der Waals surface area contributed by atoms with Gasteiger partial charge in [0.15, 0.2) is 0 Å². The Morgan fingerprint density at radius 2 is 1.77 bits per heavy atom. The Balaban J connectivity index is 1.64. The van der Waals surface area contributed by atoms with Gasteiger partial charge in [-0.3, -0.25) is 25.3 Å². The minimum absolute atomic E-state index is 0.0884. The summed E-state index contributed by atoms with van der Waals surface area (Å²) >= 11 is 0. The molecule has 2 aromatic carbocycles. The summed E-state index contributed by atoms with van der Waals surface area (Å²) < 4.78 is 5.03. The predicted octanol–water partition coefficient (Wildman–Crippen LogP) is 2.18. The van der Waals surface area contributed by atoms with E-state index in [4.69, 9.17) is 4.74 Å². The molecule has 0 unspecified atom stereocenters. The van der Waals surface area contributed by atoms with E-state index in [1.54, 1.807) is 30.3 Å². The average molecular weight is 353 g/mol. The number of nitrogens with zero attached hydrogens (tertiary/aromatic N) is 3. The molecule has 0 saturated heterocycles. The second-order valence-electron chi connectivity index (χ2n) is 4.97. The number of nitro benzene ring substituents is 1. The van der Waals surface area contributed by atoms with Crippen molar-refractivity contribution in [2.75, 3.05) is 5.32 Å². The maximum atomic E-state index is 12.0. The van der Waals surface area contributed by atoms with Gasteiger partial charge < -0.3 is 4.74 Å². The SMILES string of the molecule is O=C(Nc1n[nH]c(C(=O)Oc2ccc([N+](=O)[O-])cc2)n1)c1ccccc1. The number of carbonyl (C=O) groups is 2. The Morgan fingerprint density at radius 1 is 1.08 bits per heavy atom. The molecule has 1 heterocycles. The van der Waals surface area contributed by atoms with Gasteiger partial charge in [-0.1, -0.05) is 18.2 Å². The molecule has 26 heavy (non-hydrogen) atoms. The van der Waals surface area contributed by atoms with Crippen LogP contribution < -0.4 is 10.1 Å². The molecule has 0 bridgehead atoms. The molecule has 3 rings (SSSR count). The summed E-state index contributed by atoms with van der Waals surface area (Å²) in [4.78, 5) is 37.9. The standard InChI is InChI=1S/C16H11N5O5/c22-14(10-4-2-1-3-5-10)18-16-17-13(19-20-16)15(23)26-12-8-6-11(7-9-12)21(24)25/h1-9H,(H2,17,18,19,20,22). The number of esters is 1. The number of aromatic nitrogens is 3. The number of aromatic amines is 1. The quantitative estimate of drug-likeness (QED) is 0.310. The number of hydrogen-bond donors (Lipinski definition) is 2. The lowest BCUT2D eigenvalue weighted by Gasteiger charge is -2.01. The molecule has 0 aliphatic heterocycles. The fourth-order valence-corrected chi connectivity index (χ4v) is 1.96. The Morgan fingerprint density at radius 3 is 2.42 bits per heavy atom. The van der Waals surface area contributed by atoms with Crippen LogP contribution in [0.25, 0.3) is 0 Å². The zero-order valence-electron chi connectivity index (χ0n) is 13.1. The zero-order chi connectivity index (χ0) is 18.5. The Kier molecular flexibility index (Phi) is 4.65. The third-order valence-corrected chi connectivity index (χ3v) is 3.20.